The van der Waals surface area contributed by atoms with E-state index >= 15 is 0 Å². The van der Waals surface area contributed by atoms with Crippen molar-refractivity contribution in [2.45, 2.75) is 0 Å². The van der Waals surface area contributed by atoms with Crippen molar-refractivity contribution in [2.75, 3.05) is 31.3 Å². The molecule has 6 heteroatoms. The van der Waals surface area contributed by atoms with Crippen LogP contribution in [0.3, 0.4) is 0 Å². The quantitative estimate of drug-likeness (QED) is 0.667. The van der Waals surface area contributed by atoms with E-state index < -0.39 is 0 Å². The largest absolute Gasteiger partial charge is 0.459 e. The molecular weight excluding hydrogens is 182 g/mol. The summed E-state index contributed by atoms with van der Waals surface area (Å²) in [6.45, 7) is 3.90. The number of ether oxygens (including phenoxy) is 1. The molecule has 14 heavy (non-hydrogen) atoms. The second-order valence-corrected chi connectivity index (χ2v) is 2.36. The summed E-state index contributed by atoms with van der Waals surface area (Å²) in [5, 5.41) is 5.62. The van der Waals surface area contributed by atoms with Crippen molar-refractivity contribution < 1.29 is 4.74 Å². The van der Waals surface area contributed by atoms with Gasteiger partial charge in [-0.15, -0.1) is 0 Å². The highest BCUT2D eigenvalue weighted by Crippen LogP contribution is 2.09. The van der Waals surface area contributed by atoms with Crippen LogP contribution in [0.5, 0.6) is 6.01 Å². The fourth-order valence-electron chi connectivity index (χ4n) is 0.778. The highest BCUT2D eigenvalue weighted by Gasteiger charge is 2.03. The second-order valence-electron chi connectivity index (χ2n) is 2.36. The van der Waals surface area contributed by atoms with Crippen molar-refractivity contribution in [3.05, 3.63) is 12.7 Å². The zero-order valence-electron chi connectivity index (χ0n) is 8.24. The van der Waals surface area contributed by atoms with E-state index in [9.17, 15) is 0 Å². The molecule has 0 bridgehead atoms. The summed E-state index contributed by atoms with van der Waals surface area (Å²) in [5.41, 5.74) is 0. The van der Waals surface area contributed by atoms with Crippen molar-refractivity contribution in [3.8, 4) is 6.01 Å². The van der Waals surface area contributed by atoms with E-state index in [1.165, 1.54) is 0 Å². The van der Waals surface area contributed by atoms with Crippen LogP contribution in [0.4, 0.5) is 11.9 Å². The number of hydrogen-bond acceptors (Lipinski definition) is 6. The average molecular weight is 195 g/mol. The van der Waals surface area contributed by atoms with Crippen LogP contribution in [-0.4, -0.2) is 35.7 Å². The predicted molar refractivity (Wildman–Crippen MR) is 54.6 cm³/mol. The van der Waals surface area contributed by atoms with Gasteiger partial charge in [0.05, 0.1) is 0 Å². The smallest absolute Gasteiger partial charge is 0.323 e. The van der Waals surface area contributed by atoms with Gasteiger partial charge in [0.2, 0.25) is 11.9 Å². The first-order chi connectivity index (χ1) is 6.80. The molecule has 0 atom stereocenters. The molecule has 0 aliphatic rings. The number of nitrogens with one attached hydrogen (secondary N) is 2. The maximum absolute atomic E-state index is 5.18. The van der Waals surface area contributed by atoms with Crippen LogP contribution >= 0.6 is 0 Å². The molecule has 0 aromatic carbocycles. The Bertz CT molecular complexity index is 292. The Balaban J connectivity index is 2.86. The highest BCUT2D eigenvalue weighted by atomic mass is 16.5. The molecule has 1 aromatic heterocycles. The van der Waals surface area contributed by atoms with Gasteiger partial charge in [-0.05, 0) is 0 Å². The standard InChI is InChI=1S/C8H13N5O/c1-4-5-14-8-12-6(9-2)11-7(10-3)13-8/h4H,1,5H2,2-3H3,(H2,9,10,11,12,13). The van der Waals surface area contributed by atoms with Crippen molar-refractivity contribution in [2.24, 2.45) is 0 Å². The summed E-state index contributed by atoms with van der Waals surface area (Å²) >= 11 is 0. The van der Waals surface area contributed by atoms with Crippen LogP contribution in [-0.2, 0) is 0 Å². The maximum atomic E-state index is 5.18. The van der Waals surface area contributed by atoms with Crippen molar-refractivity contribution in [1.29, 1.82) is 0 Å². The highest BCUT2D eigenvalue weighted by molar-refractivity contribution is 5.34. The third-order valence-electron chi connectivity index (χ3n) is 1.39. The van der Waals surface area contributed by atoms with Crippen molar-refractivity contribution in [1.82, 2.24) is 15.0 Å². The molecule has 0 saturated carbocycles. The van der Waals surface area contributed by atoms with Gasteiger partial charge < -0.3 is 15.4 Å². The molecule has 1 heterocycles. The van der Waals surface area contributed by atoms with Crippen LogP contribution < -0.4 is 15.4 Å². The average Bonchev–Trinajstić information content (AvgIpc) is 2.25. The first-order valence-electron chi connectivity index (χ1n) is 4.15. The fourth-order valence-corrected chi connectivity index (χ4v) is 0.778. The minimum Gasteiger partial charge on any atom is -0.459 e. The van der Waals surface area contributed by atoms with E-state index in [0.29, 0.717) is 18.5 Å². The zero-order chi connectivity index (χ0) is 10.4. The summed E-state index contributed by atoms with van der Waals surface area (Å²) < 4.78 is 5.18. The van der Waals surface area contributed by atoms with E-state index in [1.807, 2.05) is 0 Å². The lowest BCUT2D eigenvalue weighted by Gasteiger charge is -2.05. The van der Waals surface area contributed by atoms with E-state index in [1.54, 1.807) is 20.2 Å². The van der Waals surface area contributed by atoms with Gasteiger partial charge in [0, 0.05) is 14.1 Å². The second kappa shape index (κ2) is 5.00. The predicted octanol–water partition coefficient (Wildman–Crippen LogP) is 0.520. The minimum absolute atomic E-state index is 0.272. The lowest BCUT2D eigenvalue weighted by Crippen LogP contribution is -2.06. The van der Waals surface area contributed by atoms with Gasteiger partial charge in [0.1, 0.15) is 6.61 Å². The van der Waals surface area contributed by atoms with Gasteiger partial charge in [-0.3, -0.25) is 0 Å². The van der Waals surface area contributed by atoms with E-state index in [4.69, 9.17) is 4.74 Å². The van der Waals surface area contributed by atoms with Gasteiger partial charge in [-0.1, -0.05) is 12.7 Å². The summed E-state index contributed by atoms with van der Waals surface area (Å²) in [6, 6.07) is 0.272. The number of rotatable bonds is 5. The maximum Gasteiger partial charge on any atom is 0.323 e. The Morgan fingerprint density at radius 1 is 1.21 bits per heavy atom. The molecule has 0 radical (unpaired) electrons. The van der Waals surface area contributed by atoms with Gasteiger partial charge in [-0.25, -0.2) is 0 Å². The van der Waals surface area contributed by atoms with Gasteiger partial charge in [0.25, 0.3) is 0 Å². The molecule has 0 fully saturated rings. The van der Waals surface area contributed by atoms with Gasteiger partial charge in [-0.2, -0.15) is 15.0 Å². The van der Waals surface area contributed by atoms with Gasteiger partial charge >= 0.3 is 6.01 Å². The third-order valence-corrected chi connectivity index (χ3v) is 1.39. The van der Waals surface area contributed by atoms with Crippen molar-refractivity contribution >= 4 is 11.9 Å². The van der Waals surface area contributed by atoms with Crippen LogP contribution in [0.25, 0.3) is 0 Å². The monoisotopic (exact) mass is 195 g/mol. The lowest BCUT2D eigenvalue weighted by atomic mass is 10.7. The molecule has 2 N–H and O–H groups in total. The Morgan fingerprint density at radius 3 is 2.21 bits per heavy atom. The van der Waals surface area contributed by atoms with Crippen LogP contribution in [0.2, 0.25) is 0 Å². The molecule has 0 saturated heterocycles. The first-order valence-corrected chi connectivity index (χ1v) is 4.15. The molecule has 0 unspecified atom stereocenters. The van der Waals surface area contributed by atoms with Gasteiger partial charge in [0.15, 0.2) is 0 Å². The summed E-state index contributed by atoms with van der Waals surface area (Å²) in [4.78, 5) is 12.0. The molecule has 0 aliphatic heterocycles. The first kappa shape index (κ1) is 10.2. The fraction of sp³-hybridized carbons (Fsp3) is 0.375. The molecule has 76 valence electrons. The third kappa shape index (κ3) is 2.58. The van der Waals surface area contributed by atoms with Crippen molar-refractivity contribution in [3.63, 3.8) is 0 Å². The van der Waals surface area contributed by atoms with Crippen LogP contribution in [0, 0.1) is 0 Å². The van der Waals surface area contributed by atoms with Crippen LogP contribution in [0.1, 0.15) is 0 Å². The van der Waals surface area contributed by atoms with E-state index in [-0.39, 0.29) is 6.01 Å². The van der Waals surface area contributed by atoms with E-state index in [0.717, 1.165) is 0 Å². The molecular formula is C8H13N5O. The minimum atomic E-state index is 0.272. The Hall–Kier alpha value is -1.85. The molecule has 0 aliphatic carbocycles. The zero-order valence-corrected chi connectivity index (χ0v) is 8.24. The Kier molecular flexibility index (Phi) is 3.66. The molecule has 1 aromatic rings. The van der Waals surface area contributed by atoms with E-state index in [2.05, 4.69) is 32.2 Å². The molecule has 1 rings (SSSR count). The summed E-state index contributed by atoms with van der Waals surface area (Å²) in [6.07, 6.45) is 1.63. The Labute approximate surface area is 82.4 Å². The summed E-state index contributed by atoms with van der Waals surface area (Å²) in [5.74, 6) is 0.923. The number of hydrogen-bond donors (Lipinski definition) is 2. The molecule has 0 spiro atoms. The number of aromatic nitrogens is 3. The lowest BCUT2D eigenvalue weighted by molar-refractivity contribution is 0.333. The topological polar surface area (TPSA) is 72.0 Å². The number of anilines is 2. The molecule has 6 nitrogen and oxygen atoms in total. The normalized spacial score (nSPS) is 9.29. The molecule has 0 amide bonds. The van der Waals surface area contributed by atoms with Crippen LogP contribution in [0.15, 0.2) is 12.7 Å². The Morgan fingerprint density at radius 2 is 1.79 bits per heavy atom. The SMILES string of the molecule is C=CCOc1nc(NC)nc(NC)n1. The number of nitrogens with zero attached hydrogens (tertiary/aromatic N) is 3. The summed E-state index contributed by atoms with van der Waals surface area (Å²) in [7, 11) is 3.46.